The van der Waals surface area contributed by atoms with E-state index in [2.05, 4.69) is 9.72 Å². The molecule has 7 heteroatoms. The van der Waals surface area contributed by atoms with E-state index < -0.39 is 23.3 Å². The predicted molar refractivity (Wildman–Crippen MR) is 89.3 cm³/mol. The van der Waals surface area contributed by atoms with Crippen LogP contribution in [0.25, 0.3) is 0 Å². The van der Waals surface area contributed by atoms with Crippen LogP contribution in [0.1, 0.15) is 37.7 Å². The van der Waals surface area contributed by atoms with Crippen molar-refractivity contribution in [3.63, 3.8) is 0 Å². The second-order valence-electron chi connectivity index (χ2n) is 5.39. The van der Waals surface area contributed by atoms with Crippen LogP contribution < -0.4 is 4.74 Å². The van der Waals surface area contributed by atoms with E-state index in [0.29, 0.717) is 18.6 Å². The molecule has 0 aliphatic rings. The first-order chi connectivity index (χ1) is 11.9. The second kappa shape index (κ2) is 7.65. The van der Waals surface area contributed by atoms with Crippen molar-refractivity contribution >= 4 is 11.9 Å². The SMILES string of the molecule is COC(=O)c1c(CCc2cccc(OC)c2)nc(C)c(O)c1C(=O)O. The van der Waals surface area contributed by atoms with Gasteiger partial charge in [-0.25, -0.2) is 9.59 Å². The number of ether oxygens (including phenoxy) is 2. The van der Waals surface area contributed by atoms with E-state index in [1.54, 1.807) is 7.11 Å². The molecule has 0 amide bonds. The minimum atomic E-state index is -1.41. The number of aromatic carboxylic acids is 1. The number of carboxylic acids is 1. The first-order valence-corrected chi connectivity index (χ1v) is 7.56. The zero-order valence-electron chi connectivity index (χ0n) is 14.2. The number of carbonyl (C=O) groups excluding carboxylic acids is 1. The number of aromatic nitrogens is 1. The van der Waals surface area contributed by atoms with Gasteiger partial charge in [0.05, 0.1) is 31.2 Å². The first-order valence-electron chi connectivity index (χ1n) is 7.56. The zero-order chi connectivity index (χ0) is 18.6. The fourth-order valence-corrected chi connectivity index (χ4v) is 2.56. The maximum absolute atomic E-state index is 12.1. The summed E-state index contributed by atoms with van der Waals surface area (Å²) in [5.41, 5.74) is 0.647. The third-order valence-electron chi connectivity index (χ3n) is 3.81. The molecule has 0 atom stereocenters. The molecule has 7 nitrogen and oxygen atoms in total. The molecule has 0 radical (unpaired) electrons. The van der Waals surface area contributed by atoms with E-state index in [1.165, 1.54) is 6.92 Å². The molecule has 2 aromatic rings. The Morgan fingerprint density at radius 3 is 2.48 bits per heavy atom. The van der Waals surface area contributed by atoms with Crippen molar-refractivity contribution in [3.8, 4) is 11.5 Å². The highest BCUT2D eigenvalue weighted by molar-refractivity contribution is 6.05. The van der Waals surface area contributed by atoms with Crippen molar-refractivity contribution < 1.29 is 29.3 Å². The van der Waals surface area contributed by atoms with Gasteiger partial charge in [-0.1, -0.05) is 12.1 Å². The minimum absolute atomic E-state index is 0.144. The van der Waals surface area contributed by atoms with Crippen molar-refractivity contribution in [1.82, 2.24) is 4.98 Å². The number of rotatable bonds is 6. The van der Waals surface area contributed by atoms with Gasteiger partial charge in [-0.2, -0.15) is 0 Å². The summed E-state index contributed by atoms with van der Waals surface area (Å²) in [7, 11) is 2.72. The summed E-state index contributed by atoms with van der Waals surface area (Å²) < 4.78 is 9.85. The summed E-state index contributed by atoms with van der Waals surface area (Å²) in [6.45, 7) is 1.48. The number of carbonyl (C=O) groups is 2. The number of pyridine rings is 1. The van der Waals surface area contributed by atoms with Crippen LogP contribution in [0.15, 0.2) is 24.3 Å². The third-order valence-corrected chi connectivity index (χ3v) is 3.81. The Bertz CT molecular complexity index is 815. The normalized spacial score (nSPS) is 10.4. The molecule has 132 valence electrons. The molecule has 0 spiro atoms. The van der Waals surface area contributed by atoms with Crippen molar-refractivity contribution in [2.75, 3.05) is 14.2 Å². The maximum Gasteiger partial charge on any atom is 0.340 e. The van der Waals surface area contributed by atoms with E-state index in [4.69, 9.17) is 4.74 Å². The van der Waals surface area contributed by atoms with Crippen LogP contribution >= 0.6 is 0 Å². The van der Waals surface area contributed by atoms with Crippen molar-refractivity contribution in [3.05, 3.63) is 52.3 Å². The van der Waals surface area contributed by atoms with Gasteiger partial charge in [0.2, 0.25) is 0 Å². The van der Waals surface area contributed by atoms with Gasteiger partial charge in [0.1, 0.15) is 11.3 Å². The van der Waals surface area contributed by atoms with E-state index in [9.17, 15) is 19.8 Å². The lowest BCUT2D eigenvalue weighted by Gasteiger charge is -2.14. The Balaban J connectivity index is 2.45. The van der Waals surface area contributed by atoms with Crippen LogP contribution in [0.4, 0.5) is 0 Å². The number of esters is 1. The topological polar surface area (TPSA) is 106 Å². The van der Waals surface area contributed by atoms with Gasteiger partial charge in [-0.3, -0.25) is 4.98 Å². The second-order valence-corrected chi connectivity index (χ2v) is 5.39. The standard InChI is InChI=1S/C18H19NO6/c1-10-16(20)15(17(21)22)14(18(23)25-3)13(19-10)8-7-11-5-4-6-12(9-11)24-2/h4-6,9,20H,7-8H2,1-3H3,(H,21,22). The number of hydrogen-bond donors (Lipinski definition) is 2. The summed E-state index contributed by atoms with van der Waals surface area (Å²) in [5, 5.41) is 19.4. The van der Waals surface area contributed by atoms with Crippen LogP contribution in [-0.2, 0) is 17.6 Å². The van der Waals surface area contributed by atoms with Crippen molar-refractivity contribution in [2.24, 2.45) is 0 Å². The molecule has 2 N–H and O–H groups in total. The maximum atomic E-state index is 12.1. The highest BCUT2D eigenvalue weighted by Gasteiger charge is 2.27. The van der Waals surface area contributed by atoms with Crippen LogP contribution in [-0.4, -0.2) is 41.4 Å². The lowest BCUT2D eigenvalue weighted by Crippen LogP contribution is -2.17. The molecule has 0 saturated heterocycles. The van der Waals surface area contributed by atoms with Crippen LogP contribution in [0.3, 0.4) is 0 Å². The van der Waals surface area contributed by atoms with E-state index in [0.717, 1.165) is 12.7 Å². The zero-order valence-corrected chi connectivity index (χ0v) is 14.2. The lowest BCUT2D eigenvalue weighted by atomic mass is 9.99. The molecule has 0 unspecified atom stereocenters. The van der Waals surface area contributed by atoms with Gasteiger partial charge in [0.15, 0.2) is 5.75 Å². The Labute approximate surface area is 144 Å². The molecule has 1 aromatic heterocycles. The summed E-state index contributed by atoms with van der Waals surface area (Å²) in [4.78, 5) is 27.8. The summed E-state index contributed by atoms with van der Waals surface area (Å²) >= 11 is 0. The molecule has 1 aromatic carbocycles. The van der Waals surface area contributed by atoms with Crippen LogP contribution in [0.5, 0.6) is 11.5 Å². The number of methoxy groups -OCH3 is 2. The fraction of sp³-hybridized carbons (Fsp3) is 0.278. The molecule has 0 aliphatic carbocycles. The highest BCUT2D eigenvalue weighted by Crippen LogP contribution is 2.28. The molecule has 1 heterocycles. The molecule has 25 heavy (non-hydrogen) atoms. The number of benzene rings is 1. The Kier molecular flexibility index (Phi) is 5.59. The molecular formula is C18H19NO6. The van der Waals surface area contributed by atoms with Crippen LogP contribution in [0.2, 0.25) is 0 Å². The van der Waals surface area contributed by atoms with Gasteiger partial charge in [-0.05, 0) is 37.5 Å². The molecule has 0 fully saturated rings. The molecule has 0 bridgehead atoms. The van der Waals surface area contributed by atoms with Crippen LogP contribution in [0, 0.1) is 6.92 Å². The van der Waals surface area contributed by atoms with E-state index in [-0.39, 0.29) is 17.0 Å². The van der Waals surface area contributed by atoms with Gasteiger partial charge < -0.3 is 19.7 Å². The number of aromatic hydroxyl groups is 1. The van der Waals surface area contributed by atoms with Crippen molar-refractivity contribution in [2.45, 2.75) is 19.8 Å². The molecule has 0 saturated carbocycles. The number of nitrogens with zero attached hydrogens (tertiary/aromatic N) is 1. The third kappa shape index (κ3) is 3.88. The number of carboxylic acid groups (broad SMARTS) is 1. The molecule has 0 aliphatic heterocycles. The summed E-state index contributed by atoms with van der Waals surface area (Å²) in [6.07, 6.45) is 0.816. The Morgan fingerprint density at radius 2 is 1.88 bits per heavy atom. The number of hydrogen-bond acceptors (Lipinski definition) is 6. The van der Waals surface area contributed by atoms with Gasteiger partial charge >= 0.3 is 11.9 Å². The smallest absolute Gasteiger partial charge is 0.340 e. The largest absolute Gasteiger partial charge is 0.505 e. The highest BCUT2D eigenvalue weighted by atomic mass is 16.5. The average molecular weight is 345 g/mol. The summed E-state index contributed by atoms with van der Waals surface area (Å²) in [5.74, 6) is -2.09. The van der Waals surface area contributed by atoms with Gasteiger partial charge in [-0.15, -0.1) is 0 Å². The Hall–Kier alpha value is -3.09. The number of aryl methyl sites for hydroxylation is 3. The lowest BCUT2D eigenvalue weighted by molar-refractivity contribution is 0.0578. The monoisotopic (exact) mass is 345 g/mol. The minimum Gasteiger partial charge on any atom is -0.505 e. The van der Waals surface area contributed by atoms with Gasteiger partial charge in [0, 0.05) is 0 Å². The van der Waals surface area contributed by atoms with E-state index in [1.807, 2.05) is 24.3 Å². The average Bonchev–Trinajstić information content (AvgIpc) is 2.61. The van der Waals surface area contributed by atoms with Crippen molar-refractivity contribution in [1.29, 1.82) is 0 Å². The Morgan fingerprint density at radius 1 is 1.16 bits per heavy atom. The fourth-order valence-electron chi connectivity index (χ4n) is 2.56. The van der Waals surface area contributed by atoms with Gasteiger partial charge in [0.25, 0.3) is 0 Å². The first kappa shape index (κ1) is 18.3. The van der Waals surface area contributed by atoms with E-state index >= 15 is 0 Å². The summed E-state index contributed by atoms with van der Waals surface area (Å²) in [6, 6.07) is 7.40. The predicted octanol–water partition coefficient (Wildman–Crippen LogP) is 2.37. The molecular weight excluding hydrogens is 326 g/mol. The molecule has 2 rings (SSSR count). The quantitative estimate of drug-likeness (QED) is 0.774.